The number of alkyl halides is 3. The normalized spacial score (nSPS) is 12.1. The van der Waals surface area contributed by atoms with Crippen LogP contribution < -0.4 is 0 Å². The van der Waals surface area contributed by atoms with Gasteiger partial charge in [-0.15, -0.1) is 0 Å². The van der Waals surface area contributed by atoms with Gasteiger partial charge < -0.3 is 0 Å². The molecule has 5 heteroatoms. The minimum atomic E-state index is -4.19. The van der Waals surface area contributed by atoms with Crippen LogP contribution in [-0.4, -0.2) is 23.4 Å². The summed E-state index contributed by atoms with van der Waals surface area (Å²) >= 11 is -0.0907. The minimum Gasteiger partial charge on any atom is -0.246 e. The molecule has 0 bridgehead atoms. The Labute approximate surface area is 91.4 Å². The summed E-state index contributed by atoms with van der Waals surface area (Å²) in [6.45, 7) is 0.383. The van der Waals surface area contributed by atoms with Gasteiger partial charge in [0.2, 0.25) is 0 Å². The molecule has 1 aromatic carbocycles. The molecule has 15 heavy (non-hydrogen) atoms. The summed E-state index contributed by atoms with van der Waals surface area (Å²) in [4.78, 5) is 0. The molecular weight excluding hydrogens is 223 g/mol. The Kier molecular flexibility index (Phi) is 4.47. The van der Waals surface area contributed by atoms with E-state index < -0.39 is 5.51 Å². The van der Waals surface area contributed by atoms with Crippen molar-refractivity contribution in [1.82, 2.24) is 4.31 Å². The summed E-state index contributed by atoms with van der Waals surface area (Å²) in [7, 11) is 1.45. The molecule has 1 nitrogen and oxygen atoms in total. The predicted molar refractivity (Wildman–Crippen MR) is 56.4 cm³/mol. The molecule has 1 aromatic rings. The third-order valence-electron chi connectivity index (χ3n) is 1.82. The lowest BCUT2D eigenvalue weighted by atomic mass is 10.2. The van der Waals surface area contributed by atoms with Gasteiger partial charge >= 0.3 is 5.51 Å². The van der Waals surface area contributed by atoms with Gasteiger partial charge in [-0.25, -0.2) is 4.31 Å². The monoisotopic (exact) mass is 235 g/mol. The van der Waals surface area contributed by atoms with Crippen molar-refractivity contribution in [3.63, 3.8) is 0 Å². The van der Waals surface area contributed by atoms with E-state index in [-0.39, 0.29) is 11.9 Å². The highest BCUT2D eigenvalue weighted by atomic mass is 32.2. The Morgan fingerprint density at radius 2 is 1.80 bits per heavy atom. The van der Waals surface area contributed by atoms with Gasteiger partial charge in [-0.3, -0.25) is 0 Å². The van der Waals surface area contributed by atoms with E-state index in [1.54, 1.807) is 0 Å². The molecule has 0 unspecified atom stereocenters. The maximum Gasteiger partial charge on any atom is 0.456 e. The van der Waals surface area contributed by atoms with Crippen molar-refractivity contribution in [3.8, 4) is 0 Å². The van der Waals surface area contributed by atoms with Crippen LogP contribution in [0, 0.1) is 0 Å². The highest BCUT2D eigenvalue weighted by molar-refractivity contribution is 7.97. The maximum absolute atomic E-state index is 12.0. The van der Waals surface area contributed by atoms with E-state index in [9.17, 15) is 13.2 Å². The summed E-state index contributed by atoms with van der Waals surface area (Å²) < 4.78 is 37.1. The summed E-state index contributed by atoms with van der Waals surface area (Å²) in [6.07, 6.45) is 0.625. The van der Waals surface area contributed by atoms with Gasteiger partial charge in [-0.05, 0) is 19.0 Å². The van der Waals surface area contributed by atoms with Crippen LogP contribution in [0.3, 0.4) is 0 Å². The van der Waals surface area contributed by atoms with Crippen LogP contribution >= 0.6 is 11.9 Å². The van der Waals surface area contributed by atoms with Crippen molar-refractivity contribution in [2.75, 3.05) is 13.6 Å². The smallest absolute Gasteiger partial charge is 0.246 e. The second-order valence-electron chi connectivity index (χ2n) is 3.12. The lowest BCUT2D eigenvalue weighted by Crippen LogP contribution is -2.19. The summed E-state index contributed by atoms with van der Waals surface area (Å²) in [6, 6.07) is 9.47. The third-order valence-corrected chi connectivity index (χ3v) is 2.52. The van der Waals surface area contributed by atoms with Crippen molar-refractivity contribution < 1.29 is 13.2 Å². The molecule has 0 saturated carbocycles. The summed E-state index contributed by atoms with van der Waals surface area (Å²) in [5, 5.41) is 0. The van der Waals surface area contributed by atoms with Crippen LogP contribution in [0.4, 0.5) is 13.2 Å². The fourth-order valence-corrected chi connectivity index (χ4v) is 1.69. The molecule has 0 radical (unpaired) electrons. The molecule has 0 atom stereocenters. The van der Waals surface area contributed by atoms with E-state index in [1.807, 2.05) is 30.3 Å². The van der Waals surface area contributed by atoms with Gasteiger partial charge in [0.25, 0.3) is 0 Å². The van der Waals surface area contributed by atoms with Gasteiger partial charge in [0.15, 0.2) is 0 Å². The first-order valence-electron chi connectivity index (χ1n) is 4.48. The molecule has 0 spiro atoms. The highest BCUT2D eigenvalue weighted by Gasteiger charge is 2.30. The number of rotatable bonds is 4. The zero-order valence-electron chi connectivity index (χ0n) is 8.29. The Bertz CT molecular complexity index is 286. The van der Waals surface area contributed by atoms with E-state index in [2.05, 4.69) is 0 Å². The SMILES string of the molecule is CN(CCc1ccccc1)SC(F)(F)F. The van der Waals surface area contributed by atoms with Gasteiger partial charge in [-0.2, -0.15) is 13.2 Å². The Hall–Kier alpha value is -0.680. The average molecular weight is 235 g/mol. The Morgan fingerprint density at radius 3 is 2.33 bits per heavy atom. The predicted octanol–water partition coefficient (Wildman–Crippen LogP) is 3.33. The van der Waals surface area contributed by atoms with Crippen molar-refractivity contribution in [1.29, 1.82) is 0 Å². The molecule has 0 fully saturated rings. The number of nitrogens with zero attached hydrogens (tertiary/aromatic N) is 1. The largest absolute Gasteiger partial charge is 0.456 e. The van der Waals surface area contributed by atoms with Gasteiger partial charge in [-0.1, -0.05) is 30.3 Å². The van der Waals surface area contributed by atoms with E-state index in [1.165, 1.54) is 11.4 Å². The first-order valence-corrected chi connectivity index (χ1v) is 5.25. The van der Waals surface area contributed by atoms with Crippen molar-refractivity contribution in [2.24, 2.45) is 0 Å². The fourth-order valence-electron chi connectivity index (χ4n) is 1.15. The minimum absolute atomic E-state index is 0.0907. The van der Waals surface area contributed by atoms with E-state index in [4.69, 9.17) is 0 Å². The van der Waals surface area contributed by atoms with Crippen LogP contribution in [0.15, 0.2) is 30.3 Å². The second-order valence-corrected chi connectivity index (χ2v) is 4.39. The van der Waals surface area contributed by atoms with Crippen LogP contribution in [0.5, 0.6) is 0 Å². The van der Waals surface area contributed by atoms with Gasteiger partial charge in [0.05, 0.1) is 0 Å². The van der Waals surface area contributed by atoms with Crippen molar-refractivity contribution >= 4 is 11.9 Å². The molecule has 0 heterocycles. The zero-order chi connectivity index (χ0) is 11.3. The second kappa shape index (κ2) is 5.42. The maximum atomic E-state index is 12.0. The topological polar surface area (TPSA) is 3.24 Å². The third kappa shape index (κ3) is 5.69. The van der Waals surface area contributed by atoms with Crippen LogP contribution in [0.2, 0.25) is 0 Å². The van der Waals surface area contributed by atoms with Crippen molar-refractivity contribution in [3.05, 3.63) is 35.9 Å². The average Bonchev–Trinajstić information content (AvgIpc) is 2.14. The molecule has 0 amide bonds. The van der Waals surface area contributed by atoms with E-state index >= 15 is 0 Å². The van der Waals surface area contributed by atoms with Gasteiger partial charge in [0, 0.05) is 18.5 Å². The number of halogens is 3. The standard InChI is InChI=1S/C10H12F3NS/c1-14(15-10(11,12)13)8-7-9-5-3-2-4-6-9/h2-6H,7-8H2,1H3. The molecule has 0 saturated heterocycles. The first kappa shape index (κ1) is 12.4. The van der Waals surface area contributed by atoms with Crippen LogP contribution in [-0.2, 0) is 6.42 Å². The zero-order valence-corrected chi connectivity index (χ0v) is 9.11. The molecule has 0 aliphatic heterocycles. The first-order chi connectivity index (χ1) is 6.97. The number of hydrogen-bond acceptors (Lipinski definition) is 2. The molecule has 0 N–H and O–H groups in total. The number of benzene rings is 1. The lowest BCUT2D eigenvalue weighted by molar-refractivity contribution is -0.0358. The Morgan fingerprint density at radius 1 is 1.20 bits per heavy atom. The quantitative estimate of drug-likeness (QED) is 0.736. The van der Waals surface area contributed by atoms with E-state index in [0.717, 1.165) is 5.56 Å². The molecular formula is C10H12F3NS. The molecule has 0 aliphatic carbocycles. The number of likely N-dealkylation sites (N-methyl/N-ethyl adjacent to an activating group) is 1. The molecule has 1 rings (SSSR count). The Balaban J connectivity index is 2.32. The fraction of sp³-hybridized carbons (Fsp3) is 0.400. The van der Waals surface area contributed by atoms with Crippen LogP contribution in [0.25, 0.3) is 0 Å². The lowest BCUT2D eigenvalue weighted by Gasteiger charge is -2.16. The number of hydrogen-bond donors (Lipinski definition) is 0. The van der Waals surface area contributed by atoms with Crippen LogP contribution in [0.1, 0.15) is 5.56 Å². The molecule has 0 aliphatic rings. The van der Waals surface area contributed by atoms with Crippen molar-refractivity contribution in [2.45, 2.75) is 11.9 Å². The highest BCUT2D eigenvalue weighted by Crippen LogP contribution is 2.32. The van der Waals surface area contributed by atoms with E-state index in [0.29, 0.717) is 13.0 Å². The molecule has 0 aromatic heterocycles. The van der Waals surface area contributed by atoms with Gasteiger partial charge in [0.1, 0.15) is 0 Å². The molecule has 84 valence electrons. The summed E-state index contributed by atoms with van der Waals surface area (Å²) in [5.41, 5.74) is -3.14. The summed E-state index contributed by atoms with van der Waals surface area (Å²) in [5.74, 6) is 0.